The highest BCUT2D eigenvalue weighted by atomic mass is 19.1. The van der Waals surface area contributed by atoms with Gasteiger partial charge in [-0.15, -0.1) is 0 Å². The minimum Gasteiger partial charge on any atom is -0.481 e. The molecule has 1 heterocycles. The van der Waals surface area contributed by atoms with E-state index in [0.717, 1.165) is 11.3 Å². The fraction of sp³-hybridized carbons (Fsp3) is 0.0833. The van der Waals surface area contributed by atoms with Crippen LogP contribution in [-0.2, 0) is 22.6 Å². The Labute approximate surface area is 178 Å². The maximum absolute atomic E-state index is 13.7. The molecule has 0 atom stereocenters. The van der Waals surface area contributed by atoms with Gasteiger partial charge in [-0.25, -0.2) is 4.39 Å². The van der Waals surface area contributed by atoms with E-state index in [-0.39, 0.29) is 12.3 Å². The summed E-state index contributed by atoms with van der Waals surface area (Å²) in [5, 5.41) is 15.0. The van der Waals surface area contributed by atoms with Crippen LogP contribution in [-0.4, -0.2) is 17.0 Å². The third-order valence-corrected chi connectivity index (χ3v) is 5.03. The summed E-state index contributed by atoms with van der Waals surface area (Å²) in [5.41, 5.74) is 10.6. The van der Waals surface area contributed by atoms with Gasteiger partial charge in [-0.05, 0) is 47.0 Å². The molecule has 0 saturated carbocycles. The molecule has 6 nitrogen and oxygen atoms in total. The smallest absolute Gasteiger partial charge is 0.307 e. The van der Waals surface area contributed by atoms with Crippen molar-refractivity contribution in [3.63, 3.8) is 0 Å². The van der Waals surface area contributed by atoms with E-state index in [9.17, 15) is 14.0 Å². The van der Waals surface area contributed by atoms with Crippen LogP contribution in [0.4, 0.5) is 15.8 Å². The molecule has 4 rings (SSSR count). The Kier molecular flexibility index (Phi) is 5.51. The average molecular weight is 417 g/mol. The molecule has 31 heavy (non-hydrogen) atoms. The lowest BCUT2D eigenvalue weighted by molar-refractivity contribution is -0.136. The van der Waals surface area contributed by atoms with Gasteiger partial charge < -0.3 is 21.5 Å². The van der Waals surface area contributed by atoms with E-state index in [1.165, 1.54) is 12.1 Å². The Morgan fingerprint density at radius 3 is 2.32 bits per heavy atom. The van der Waals surface area contributed by atoms with Crippen molar-refractivity contribution in [2.24, 2.45) is 5.73 Å². The van der Waals surface area contributed by atoms with Crippen LogP contribution in [0.3, 0.4) is 0 Å². The van der Waals surface area contributed by atoms with E-state index in [1.807, 2.05) is 24.3 Å². The van der Waals surface area contributed by atoms with E-state index in [1.54, 1.807) is 30.3 Å². The quantitative estimate of drug-likeness (QED) is 0.456. The molecular weight excluding hydrogens is 397 g/mol. The molecule has 1 amide bonds. The van der Waals surface area contributed by atoms with Gasteiger partial charge in [0.25, 0.3) is 5.91 Å². The molecular formula is C24H20FN3O3. The van der Waals surface area contributed by atoms with E-state index >= 15 is 0 Å². The second kappa shape index (κ2) is 8.41. The summed E-state index contributed by atoms with van der Waals surface area (Å²) in [6, 6.07) is 18.6. The van der Waals surface area contributed by atoms with E-state index in [4.69, 9.17) is 10.8 Å². The van der Waals surface area contributed by atoms with Crippen molar-refractivity contribution in [1.29, 1.82) is 0 Å². The number of rotatable bonds is 6. The minimum atomic E-state index is -0.921. The first-order valence-corrected chi connectivity index (χ1v) is 9.67. The average Bonchev–Trinajstić information content (AvgIpc) is 3.07. The molecule has 3 aromatic rings. The van der Waals surface area contributed by atoms with Crippen LogP contribution in [0.2, 0.25) is 0 Å². The first-order valence-electron chi connectivity index (χ1n) is 9.67. The maximum atomic E-state index is 13.7. The van der Waals surface area contributed by atoms with Crippen LogP contribution in [0.1, 0.15) is 22.3 Å². The Balaban J connectivity index is 1.82. The number of nitrogens with one attached hydrogen (secondary N) is 2. The lowest BCUT2D eigenvalue weighted by Gasteiger charge is -2.15. The first-order chi connectivity index (χ1) is 14.9. The van der Waals surface area contributed by atoms with E-state index in [0.29, 0.717) is 40.2 Å². The summed E-state index contributed by atoms with van der Waals surface area (Å²) in [5.74, 6) is -1.71. The zero-order valence-electron chi connectivity index (χ0n) is 16.5. The van der Waals surface area contributed by atoms with Crippen molar-refractivity contribution >= 4 is 34.5 Å². The third-order valence-electron chi connectivity index (χ3n) is 5.03. The number of carboxylic acids is 1. The topological polar surface area (TPSA) is 104 Å². The van der Waals surface area contributed by atoms with E-state index in [2.05, 4.69) is 10.6 Å². The number of hydrogen-bond donors (Lipinski definition) is 4. The number of fused-ring (bicyclic) bond motifs is 1. The summed E-state index contributed by atoms with van der Waals surface area (Å²) in [6.07, 6.45) is -0.0945. The normalized spacial score (nSPS) is 14.1. The zero-order chi connectivity index (χ0) is 22.0. The second-order valence-corrected chi connectivity index (χ2v) is 7.19. The van der Waals surface area contributed by atoms with Crippen LogP contribution < -0.4 is 16.4 Å². The second-order valence-electron chi connectivity index (χ2n) is 7.19. The van der Waals surface area contributed by atoms with Gasteiger partial charge >= 0.3 is 5.97 Å². The Morgan fingerprint density at radius 1 is 1.00 bits per heavy atom. The van der Waals surface area contributed by atoms with Crippen LogP contribution in [0.25, 0.3) is 11.3 Å². The van der Waals surface area contributed by atoms with Gasteiger partial charge in [0.2, 0.25) is 0 Å². The number of nitrogens with two attached hydrogens (primary N) is 1. The molecule has 0 radical (unpaired) electrons. The lowest BCUT2D eigenvalue weighted by Crippen LogP contribution is -2.10. The lowest BCUT2D eigenvalue weighted by atomic mass is 9.98. The molecule has 0 aliphatic carbocycles. The Hall–Kier alpha value is -3.97. The van der Waals surface area contributed by atoms with Crippen LogP contribution in [0.5, 0.6) is 0 Å². The van der Waals surface area contributed by atoms with Gasteiger partial charge in [0.1, 0.15) is 5.82 Å². The van der Waals surface area contributed by atoms with Crippen LogP contribution >= 0.6 is 0 Å². The highest BCUT2D eigenvalue weighted by Gasteiger charge is 2.28. The van der Waals surface area contributed by atoms with Crippen LogP contribution in [0.15, 0.2) is 66.7 Å². The van der Waals surface area contributed by atoms with Crippen LogP contribution in [0, 0.1) is 5.82 Å². The molecule has 1 aliphatic heterocycles. The molecule has 156 valence electrons. The number of hydrogen-bond acceptors (Lipinski definition) is 4. The molecule has 0 unspecified atom stereocenters. The molecule has 0 aromatic heterocycles. The largest absolute Gasteiger partial charge is 0.481 e. The standard InChI is InChI=1S/C24H20FN3O3/c25-17-7-10-19-20(12-17)28-24(31)22(19)23(27-18-8-3-15(13-26)4-9-18)16-5-1-14(2-6-16)11-21(29)30/h1-10,12,27H,11,13,26H2,(H,28,31)(H,29,30). The van der Waals surface area contributed by atoms with Gasteiger partial charge in [0, 0.05) is 17.8 Å². The third kappa shape index (κ3) is 4.31. The van der Waals surface area contributed by atoms with Crippen molar-refractivity contribution in [3.8, 4) is 0 Å². The predicted molar refractivity (Wildman–Crippen MR) is 118 cm³/mol. The number of anilines is 2. The molecule has 0 bridgehead atoms. The van der Waals surface area contributed by atoms with Gasteiger partial charge in [-0.1, -0.05) is 36.4 Å². The summed E-state index contributed by atoms with van der Waals surface area (Å²) >= 11 is 0. The van der Waals surface area contributed by atoms with Crippen molar-refractivity contribution in [2.75, 3.05) is 10.6 Å². The number of aliphatic carboxylic acids is 1. The molecule has 1 aliphatic rings. The molecule has 3 aromatic carbocycles. The molecule has 7 heteroatoms. The van der Waals surface area contributed by atoms with Crippen molar-refractivity contribution in [2.45, 2.75) is 13.0 Å². The van der Waals surface area contributed by atoms with Crippen molar-refractivity contribution in [3.05, 3.63) is 94.8 Å². The number of benzene rings is 3. The van der Waals surface area contributed by atoms with Gasteiger partial charge in [-0.3, -0.25) is 9.59 Å². The number of carboxylic acid groups (broad SMARTS) is 1. The van der Waals surface area contributed by atoms with Crippen molar-refractivity contribution in [1.82, 2.24) is 0 Å². The fourth-order valence-electron chi connectivity index (χ4n) is 3.50. The molecule has 0 saturated heterocycles. The van der Waals surface area contributed by atoms with Gasteiger partial charge in [-0.2, -0.15) is 0 Å². The predicted octanol–water partition coefficient (Wildman–Crippen LogP) is 3.84. The number of halogens is 1. The Morgan fingerprint density at radius 2 is 1.68 bits per heavy atom. The van der Waals surface area contributed by atoms with E-state index < -0.39 is 11.8 Å². The fourth-order valence-corrected chi connectivity index (χ4v) is 3.50. The highest BCUT2D eigenvalue weighted by Crippen LogP contribution is 2.38. The SMILES string of the molecule is NCc1ccc(NC(=C2C(=O)Nc3cc(F)ccc32)c2ccc(CC(=O)O)cc2)cc1. The summed E-state index contributed by atoms with van der Waals surface area (Å²) in [6.45, 7) is 0.417. The highest BCUT2D eigenvalue weighted by molar-refractivity contribution is 6.37. The zero-order valence-corrected chi connectivity index (χ0v) is 16.5. The van der Waals surface area contributed by atoms with Crippen molar-refractivity contribution < 1.29 is 19.1 Å². The van der Waals surface area contributed by atoms with Gasteiger partial charge in [0.05, 0.1) is 23.4 Å². The minimum absolute atomic E-state index is 0.0945. The monoisotopic (exact) mass is 417 g/mol. The van der Waals surface area contributed by atoms with Gasteiger partial charge in [0.15, 0.2) is 0 Å². The Bertz CT molecular complexity index is 1190. The number of amides is 1. The molecule has 0 spiro atoms. The summed E-state index contributed by atoms with van der Waals surface area (Å²) < 4.78 is 13.7. The molecule has 0 fully saturated rings. The summed E-state index contributed by atoms with van der Waals surface area (Å²) in [4.78, 5) is 23.8. The number of carbonyl (C=O) groups is 2. The first kappa shape index (κ1) is 20.3. The maximum Gasteiger partial charge on any atom is 0.307 e. The summed E-state index contributed by atoms with van der Waals surface area (Å²) in [7, 11) is 0. The molecule has 5 N–H and O–H groups in total. The number of carbonyl (C=O) groups excluding carboxylic acids is 1.